The standard InChI is InChI=1S/C11H22N2O7S2/c1-11(2,7-14)9(16)10(17)13-4-3-8(15)12-5-6-21-22(18,19)20/h9,14,16H,3-7H2,1-2H3,(H,12,15)(H,13,17)(H,18,19,20)/t9-/m0/s1/i/hD. The van der Waals surface area contributed by atoms with Crippen molar-refractivity contribution >= 4 is 31.8 Å². The second kappa shape index (κ2) is 9.30. The van der Waals surface area contributed by atoms with Gasteiger partial charge >= 0.3 is 9.15 Å². The summed E-state index contributed by atoms with van der Waals surface area (Å²) in [5, 5.41) is 23.6. The summed E-state index contributed by atoms with van der Waals surface area (Å²) >= 11 is 0. The summed E-state index contributed by atoms with van der Waals surface area (Å²) in [5.74, 6) is -1.08. The summed E-state index contributed by atoms with van der Waals surface area (Å²) in [6.45, 7) is 2.72. The van der Waals surface area contributed by atoms with Crippen LogP contribution < -0.4 is 10.6 Å². The summed E-state index contributed by atoms with van der Waals surface area (Å²) in [6, 6.07) is 0. The maximum absolute atomic E-state index is 11.6. The lowest BCUT2D eigenvalue weighted by Gasteiger charge is -2.27. The quantitative estimate of drug-likeness (QED) is 0.170. The number of nitrogens with one attached hydrogen (secondary N) is 2. The number of aliphatic hydroxyl groups is 2. The molecule has 0 saturated carbocycles. The summed E-state index contributed by atoms with van der Waals surface area (Å²) in [4.78, 5) is 23.1. The maximum atomic E-state index is 11.6. The lowest BCUT2D eigenvalue weighted by Crippen LogP contribution is -2.46. The maximum Gasteiger partial charge on any atom is 0.319 e. The van der Waals surface area contributed by atoms with Crippen molar-refractivity contribution in [2.75, 3.05) is 25.4 Å². The van der Waals surface area contributed by atoms with Crippen molar-refractivity contribution in [2.45, 2.75) is 26.4 Å². The third-order valence-corrected chi connectivity index (χ3v) is 4.72. The van der Waals surface area contributed by atoms with Gasteiger partial charge in [0.2, 0.25) is 13.2 Å². The van der Waals surface area contributed by atoms with Crippen molar-refractivity contribution in [2.24, 2.45) is 5.41 Å². The van der Waals surface area contributed by atoms with Gasteiger partial charge in [0, 0.05) is 30.7 Å². The minimum Gasteiger partial charge on any atom is -0.396 e. The Morgan fingerprint density at radius 1 is 1.32 bits per heavy atom. The van der Waals surface area contributed by atoms with E-state index < -0.39 is 32.5 Å². The zero-order chi connectivity index (χ0) is 18.1. The molecule has 130 valence electrons. The highest BCUT2D eigenvalue weighted by Gasteiger charge is 2.32. The predicted octanol–water partition coefficient (Wildman–Crippen LogP) is -1.48. The van der Waals surface area contributed by atoms with E-state index in [1.165, 1.54) is 13.8 Å². The topological polar surface area (TPSA) is 153 Å². The van der Waals surface area contributed by atoms with Crippen LogP contribution in [0.25, 0.3) is 1.43 Å². The first-order chi connectivity index (χ1) is 10.6. The normalized spacial score (nSPS) is 14.1. The van der Waals surface area contributed by atoms with Gasteiger partial charge in [0.25, 0.3) is 0 Å². The number of carbonyl (C=O) groups is 2. The zero-order valence-corrected chi connectivity index (χ0v) is 14.0. The summed E-state index contributed by atoms with van der Waals surface area (Å²) in [7, 11) is -3.57. The molecular weight excluding hydrogens is 336 g/mol. The predicted molar refractivity (Wildman–Crippen MR) is 81.5 cm³/mol. The van der Waals surface area contributed by atoms with E-state index in [9.17, 15) is 23.1 Å². The van der Waals surface area contributed by atoms with Crippen LogP contribution in [0.3, 0.4) is 0 Å². The smallest absolute Gasteiger partial charge is 0.319 e. The molecule has 0 aliphatic carbocycles. The summed E-state index contributed by atoms with van der Waals surface area (Å²) in [6.07, 6.45) is -1.45. The van der Waals surface area contributed by atoms with Gasteiger partial charge in [0.1, 0.15) is 6.10 Å². The third-order valence-electron chi connectivity index (χ3n) is 2.70. The number of hydrogen-bond donors (Lipinski definition) is 5. The second-order valence-electron chi connectivity index (χ2n) is 5.17. The average Bonchev–Trinajstić information content (AvgIpc) is 2.50. The van der Waals surface area contributed by atoms with Crippen LogP contribution >= 0.6 is 10.8 Å². The van der Waals surface area contributed by atoms with Gasteiger partial charge < -0.3 is 20.8 Å². The van der Waals surface area contributed by atoms with Crippen LogP contribution in [0.15, 0.2) is 0 Å². The van der Waals surface area contributed by atoms with E-state index in [4.69, 9.17) is 6.54 Å². The Bertz CT molecular complexity index is 499. The van der Waals surface area contributed by atoms with Gasteiger partial charge in [-0.15, -0.1) is 0 Å². The molecule has 0 rings (SSSR count). The van der Waals surface area contributed by atoms with Gasteiger partial charge in [0.05, 0.1) is 6.61 Å². The molecule has 0 spiro atoms. The minimum atomic E-state index is -3.94. The fourth-order valence-electron chi connectivity index (χ4n) is 1.26. The van der Waals surface area contributed by atoms with Gasteiger partial charge in [-0.25, -0.2) is 0 Å². The molecule has 0 saturated heterocycles. The van der Waals surface area contributed by atoms with Crippen molar-refractivity contribution < 1.29 is 32.8 Å². The van der Waals surface area contributed by atoms with Crippen molar-refractivity contribution in [3.05, 3.63) is 0 Å². The van der Waals surface area contributed by atoms with E-state index in [1.807, 2.05) is 0 Å². The van der Waals surface area contributed by atoms with E-state index in [0.717, 1.165) is 0 Å². The Morgan fingerprint density at radius 3 is 2.50 bits per heavy atom. The van der Waals surface area contributed by atoms with Gasteiger partial charge in [0.15, 0.2) is 0 Å². The lowest BCUT2D eigenvalue weighted by molar-refractivity contribution is -0.137. The second-order valence-corrected chi connectivity index (χ2v) is 8.56. The number of carbonyl (C=O) groups excluding carboxylic acids is 2. The highest BCUT2D eigenvalue weighted by atomic mass is 33.1. The molecule has 1 atom stereocenters. The lowest BCUT2D eigenvalue weighted by atomic mass is 9.87. The zero-order valence-electron chi connectivity index (χ0n) is 13.4. The average molecular weight is 359 g/mol. The molecule has 0 fully saturated rings. The highest BCUT2D eigenvalue weighted by molar-refractivity contribution is 8.69. The van der Waals surface area contributed by atoms with Gasteiger partial charge in [-0.1, -0.05) is 13.8 Å². The molecule has 0 aliphatic rings. The van der Waals surface area contributed by atoms with E-state index in [1.54, 1.807) is 0 Å². The van der Waals surface area contributed by atoms with Crippen LogP contribution in [0.5, 0.6) is 0 Å². The van der Waals surface area contributed by atoms with E-state index in [0.29, 0.717) is 10.8 Å². The molecule has 0 heterocycles. The molecule has 11 heteroatoms. The van der Waals surface area contributed by atoms with E-state index in [-0.39, 0.29) is 31.9 Å². The first-order valence-corrected chi connectivity index (χ1v) is 9.34. The third kappa shape index (κ3) is 9.20. The number of amides is 2. The van der Waals surface area contributed by atoms with Crippen LogP contribution in [0.1, 0.15) is 20.3 Å². The fourth-order valence-corrected chi connectivity index (χ4v) is 2.51. The minimum absolute atomic E-state index is 0.00942. The molecule has 0 unspecified atom stereocenters. The monoisotopic (exact) mass is 359 g/mol. The first kappa shape index (κ1) is 19.2. The van der Waals surface area contributed by atoms with Crippen LogP contribution in [0.2, 0.25) is 0 Å². The van der Waals surface area contributed by atoms with Gasteiger partial charge in [-0.3, -0.25) is 14.1 Å². The first-order valence-electron chi connectivity index (χ1n) is 6.84. The Hall–Kier alpha value is -0.880. The van der Waals surface area contributed by atoms with Crippen LogP contribution in [-0.2, 0) is 18.7 Å². The van der Waals surface area contributed by atoms with E-state index in [2.05, 4.69) is 15.2 Å². The molecule has 9 nitrogen and oxygen atoms in total. The Morgan fingerprint density at radius 2 is 1.95 bits per heavy atom. The molecule has 2 amide bonds. The molecule has 0 aliphatic heterocycles. The van der Waals surface area contributed by atoms with Gasteiger partial charge in [-0.05, 0) is 10.8 Å². The van der Waals surface area contributed by atoms with Crippen LogP contribution in [-0.4, -0.2) is 66.6 Å². The van der Waals surface area contributed by atoms with Gasteiger partial charge in [-0.2, -0.15) is 8.42 Å². The fraction of sp³-hybridized carbons (Fsp3) is 0.818. The SMILES string of the molecule is [2H]OS(=O)(=O)SCCNC(=O)CCNC(=O)[C@H](O)C(C)(C)CO. The van der Waals surface area contributed by atoms with E-state index >= 15 is 0 Å². The molecule has 0 aromatic carbocycles. The number of aliphatic hydroxyl groups excluding tert-OH is 2. The van der Waals surface area contributed by atoms with Crippen molar-refractivity contribution in [1.29, 1.82) is 1.43 Å². The largest absolute Gasteiger partial charge is 0.396 e. The van der Waals surface area contributed by atoms with Crippen LogP contribution in [0, 0.1) is 5.41 Å². The molecule has 0 bridgehead atoms. The van der Waals surface area contributed by atoms with Crippen molar-refractivity contribution in [1.82, 2.24) is 10.6 Å². The number of hydrogen-bond acceptors (Lipinski definition) is 8. The highest BCUT2D eigenvalue weighted by Crippen LogP contribution is 2.19. The molecule has 0 aromatic rings. The Labute approximate surface area is 134 Å². The molecule has 0 radical (unpaired) electrons. The molecule has 22 heavy (non-hydrogen) atoms. The van der Waals surface area contributed by atoms with Crippen LogP contribution in [0.4, 0.5) is 0 Å². The Kier molecular flexibility index (Phi) is 8.10. The molecular formula is C11H22N2O7S2. The van der Waals surface area contributed by atoms with Crippen molar-refractivity contribution in [3.8, 4) is 0 Å². The summed E-state index contributed by atoms with van der Waals surface area (Å²) in [5.41, 5.74) is -0.991. The summed E-state index contributed by atoms with van der Waals surface area (Å²) < 4.78 is 31.4. The number of rotatable bonds is 11. The Balaban J connectivity index is 3.93. The molecule has 5 N–H and O–H groups in total. The molecule has 0 aromatic heterocycles. The van der Waals surface area contributed by atoms with Crippen molar-refractivity contribution in [3.63, 3.8) is 0 Å².